The van der Waals surface area contributed by atoms with E-state index in [9.17, 15) is 22.8 Å². The molecule has 1 amide bonds. The number of aliphatic carboxylic acids is 1. The molecule has 0 aliphatic carbocycles. The van der Waals surface area contributed by atoms with E-state index in [2.05, 4.69) is 0 Å². The molecule has 2 rings (SSSR count). The Morgan fingerprint density at radius 2 is 2.09 bits per heavy atom. The van der Waals surface area contributed by atoms with Gasteiger partial charge < -0.3 is 10.0 Å². The highest BCUT2D eigenvalue weighted by atomic mass is 32.2. The van der Waals surface area contributed by atoms with Crippen molar-refractivity contribution in [1.82, 2.24) is 4.90 Å². The molecule has 8 heteroatoms. The average molecular weight is 333 g/mol. The van der Waals surface area contributed by atoms with Crippen molar-refractivity contribution in [3.63, 3.8) is 0 Å². The molecule has 1 heterocycles. The van der Waals surface area contributed by atoms with Crippen LogP contribution < -0.4 is 0 Å². The molecular weight excluding hydrogens is 319 g/mol. The molecule has 1 aromatic rings. The molecule has 0 aromatic heterocycles. The number of halogens is 3. The minimum Gasteiger partial charge on any atom is -0.481 e. The summed E-state index contributed by atoms with van der Waals surface area (Å²) in [5.41, 5.74) is -0.753. The summed E-state index contributed by atoms with van der Waals surface area (Å²) in [7, 11) is 0. The summed E-state index contributed by atoms with van der Waals surface area (Å²) in [6, 6.07) is 4.79. The molecule has 4 nitrogen and oxygen atoms in total. The minimum absolute atomic E-state index is 0.00630. The molecule has 1 aliphatic heterocycles. The van der Waals surface area contributed by atoms with Crippen molar-refractivity contribution < 1.29 is 27.9 Å². The van der Waals surface area contributed by atoms with Crippen LogP contribution in [0.3, 0.4) is 0 Å². The van der Waals surface area contributed by atoms with E-state index in [0.717, 1.165) is 23.9 Å². The summed E-state index contributed by atoms with van der Waals surface area (Å²) in [5, 5.41) is 8.88. The Hall–Kier alpha value is -1.70. The van der Waals surface area contributed by atoms with Gasteiger partial charge in [-0.1, -0.05) is 6.07 Å². The van der Waals surface area contributed by atoms with Gasteiger partial charge in [0.1, 0.15) is 0 Å². The molecule has 1 aromatic carbocycles. The van der Waals surface area contributed by atoms with E-state index >= 15 is 0 Å². The number of carbonyl (C=O) groups is 2. The Balaban J connectivity index is 1.91. The fourth-order valence-electron chi connectivity index (χ4n) is 2.19. The van der Waals surface area contributed by atoms with Crippen LogP contribution in [0.4, 0.5) is 13.2 Å². The largest absolute Gasteiger partial charge is 0.481 e. The Morgan fingerprint density at radius 3 is 2.68 bits per heavy atom. The number of carbonyl (C=O) groups excluding carboxylic acids is 1. The van der Waals surface area contributed by atoms with E-state index in [4.69, 9.17) is 5.11 Å². The molecule has 0 bridgehead atoms. The van der Waals surface area contributed by atoms with Crippen molar-refractivity contribution in [2.45, 2.75) is 17.5 Å². The predicted molar refractivity (Wildman–Crippen MR) is 74.5 cm³/mol. The van der Waals surface area contributed by atoms with Gasteiger partial charge in [-0.25, -0.2) is 0 Å². The van der Waals surface area contributed by atoms with E-state index in [0.29, 0.717) is 17.9 Å². The normalized spacial score (nSPS) is 18.5. The Labute approximate surface area is 129 Å². The monoisotopic (exact) mass is 333 g/mol. The van der Waals surface area contributed by atoms with E-state index in [1.807, 2.05) is 0 Å². The van der Waals surface area contributed by atoms with Gasteiger partial charge in [0.2, 0.25) is 5.91 Å². The van der Waals surface area contributed by atoms with Crippen molar-refractivity contribution in [1.29, 1.82) is 0 Å². The van der Waals surface area contributed by atoms with Gasteiger partial charge in [0.15, 0.2) is 0 Å². The van der Waals surface area contributed by atoms with Crippen LogP contribution in [0.5, 0.6) is 0 Å². The first-order valence-corrected chi connectivity index (χ1v) is 7.56. The van der Waals surface area contributed by atoms with E-state index in [-0.39, 0.29) is 18.2 Å². The number of carboxylic acids is 1. The lowest BCUT2D eigenvalue weighted by molar-refractivity contribution is -0.141. The number of benzene rings is 1. The van der Waals surface area contributed by atoms with Gasteiger partial charge in [-0.05, 0) is 24.6 Å². The summed E-state index contributed by atoms with van der Waals surface area (Å²) in [4.78, 5) is 24.6. The zero-order valence-corrected chi connectivity index (χ0v) is 12.3. The molecular formula is C14H14F3NO3S. The fraction of sp³-hybridized carbons (Fsp3) is 0.429. The third-order valence-corrected chi connectivity index (χ3v) is 4.39. The van der Waals surface area contributed by atoms with Gasteiger partial charge in [0.25, 0.3) is 0 Å². The van der Waals surface area contributed by atoms with Crippen molar-refractivity contribution >= 4 is 23.6 Å². The van der Waals surface area contributed by atoms with Crippen LogP contribution >= 0.6 is 11.8 Å². The molecule has 1 fully saturated rings. The first-order valence-electron chi connectivity index (χ1n) is 6.58. The number of amides is 1. The van der Waals surface area contributed by atoms with Crippen LogP contribution in [-0.2, 0) is 15.8 Å². The first kappa shape index (κ1) is 16.7. The second kappa shape index (κ2) is 6.60. The molecule has 1 unspecified atom stereocenters. The number of likely N-dealkylation sites (tertiary alicyclic amines) is 1. The molecule has 1 N–H and O–H groups in total. The van der Waals surface area contributed by atoms with Gasteiger partial charge in [-0.3, -0.25) is 9.59 Å². The summed E-state index contributed by atoms with van der Waals surface area (Å²) >= 11 is 1.02. The Morgan fingerprint density at radius 1 is 1.36 bits per heavy atom. The third kappa shape index (κ3) is 4.16. The van der Waals surface area contributed by atoms with Crippen LogP contribution in [-0.4, -0.2) is 40.7 Å². The SMILES string of the molecule is O=C(O)C1CCN(C(=O)CSc2cccc(C(F)(F)F)c2)C1. The van der Waals surface area contributed by atoms with Crippen LogP contribution in [0.15, 0.2) is 29.2 Å². The van der Waals surface area contributed by atoms with E-state index in [1.54, 1.807) is 0 Å². The smallest absolute Gasteiger partial charge is 0.416 e. The van der Waals surface area contributed by atoms with Crippen molar-refractivity contribution in [3.8, 4) is 0 Å². The first-order chi connectivity index (χ1) is 10.3. The minimum atomic E-state index is -4.41. The maximum Gasteiger partial charge on any atom is 0.416 e. The highest BCUT2D eigenvalue weighted by Crippen LogP contribution is 2.32. The molecule has 1 aliphatic rings. The number of nitrogens with zero attached hydrogens (tertiary/aromatic N) is 1. The van der Waals surface area contributed by atoms with Gasteiger partial charge in [0, 0.05) is 18.0 Å². The topological polar surface area (TPSA) is 57.6 Å². The van der Waals surface area contributed by atoms with E-state index < -0.39 is 23.6 Å². The lowest BCUT2D eigenvalue weighted by Gasteiger charge is -2.15. The van der Waals surface area contributed by atoms with Crippen LogP contribution in [0.1, 0.15) is 12.0 Å². The quantitative estimate of drug-likeness (QED) is 0.861. The fourth-order valence-corrected chi connectivity index (χ4v) is 3.04. The molecule has 1 atom stereocenters. The lowest BCUT2D eigenvalue weighted by atomic mass is 10.1. The highest BCUT2D eigenvalue weighted by Gasteiger charge is 2.32. The summed E-state index contributed by atoms with van der Waals surface area (Å²) in [6.45, 7) is 0.538. The number of hydrogen-bond acceptors (Lipinski definition) is 3. The molecule has 0 spiro atoms. The Bertz CT molecular complexity index is 577. The average Bonchev–Trinajstić information content (AvgIpc) is 2.94. The van der Waals surface area contributed by atoms with Crippen LogP contribution in [0, 0.1) is 5.92 Å². The zero-order chi connectivity index (χ0) is 16.3. The lowest BCUT2D eigenvalue weighted by Crippen LogP contribution is -2.31. The summed E-state index contributed by atoms with van der Waals surface area (Å²) < 4.78 is 37.8. The van der Waals surface area contributed by atoms with Gasteiger partial charge in [-0.2, -0.15) is 13.2 Å². The second-order valence-electron chi connectivity index (χ2n) is 4.98. The molecule has 0 radical (unpaired) electrons. The number of hydrogen-bond donors (Lipinski definition) is 1. The van der Waals surface area contributed by atoms with Crippen LogP contribution in [0.2, 0.25) is 0 Å². The van der Waals surface area contributed by atoms with Crippen molar-refractivity contribution in [2.75, 3.05) is 18.8 Å². The number of alkyl halides is 3. The number of thioether (sulfide) groups is 1. The number of rotatable bonds is 4. The second-order valence-corrected chi connectivity index (χ2v) is 6.03. The Kier molecular flexibility index (Phi) is 5.00. The molecule has 120 valence electrons. The number of carboxylic acid groups (broad SMARTS) is 1. The molecule has 0 saturated carbocycles. The van der Waals surface area contributed by atoms with E-state index in [1.165, 1.54) is 17.0 Å². The van der Waals surface area contributed by atoms with Crippen molar-refractivity contribution in [3.05, 3.63) is 29.8 Å². The maximum atomic E-state index is 12.6. The molecule has 1 saturated heterocycles. The standard InChI is InChI=1S/C14H14F3NO3S/c15-14(16,17)10-2-1-3-11(6-10)22-8-12(19)18-5-4-9(7-18)13(20)21/h1-3,6,9H,4-5,7-8H2,(H,20,21). The zero-order valence-electron chi connectivity index (χ0n) is 11.5. The van der Waals surface area contributed by atoms with Gasteiger partial charge in [0.05, 0.1) is 17.2 Å². The van der Waals surface area contributed by atoms with Gasteiger partial charge >= 0.3 is 12.1 Å². The highest BCUT2D eigenvalue weighted by molar-refractivity contribution is 8.00. The molecule has 22 heavy (non-hydrogen) atoms. The third-order valence-electron chi connectivity index (χ3n) is 3.41. The predicted octanol–water partition coefficient (Wildman–Crippen LogP) is 2.73. The maximum absolute atomic E-state index is 12.6. The summed E-state index contributed by atoms with van der Waals surface area (Å²) in [6.07, 6.45) is -4.00. The van der Waals surface area contributed by atoms with Crippen molar-refractivity contribution in [2.24, 2.45) is 5.92 Å². The van der Waals surface area contributed by atoms with Gasteiger partial charge in [-0.15, -0.1) is 11.8 Å². The summed E-state index contributed by atoms with van der Waals surface area (Å²) in [5.74, 6) is -1.75. The van der Waals surface area contributed by atoms with Crippen LogP contribution in [0.25, 0.3) is 0 Å².